The number of hydrogen-bond donors (Lipinski definition) is 2. The van der Waals surface area contributed by atoms with Crippen molar-refractivity contribution >= 4 is 21.4 Å². The van der Waals surface area contributed by atoms with Crippen LogP contribution in [0.2, 0.25) is 0 Å². The minimum atomic E-state index is -3.37. The second-order valence-corrected chi connectivity index (χ2v) is 8.93. The SMILES string of the molecule is CS(=O)(=O)c1ccccc1-n1cc(NC(=O)C2CC23CCNC3)cn1. The topological polar surface area (TPSA) is 93.1 Å². The summed E-state index contributed by atoms with van der Waals surface area (Å²) in [4.78, 5) is 12.6. The molecule has 2 atom stereocenters. The monoisotopic (exact) mass is 360 g/mol. The largest absolute Gasteiger partial charge is 0.323 e. The Hall–Kier alpha value is -2.19. The van der Waals surface area contributed by atoms with Crippen molar-refractivity contribution in [1.29, 1.82) is 0 Å². The van der Waals surface area contributed by atoms with Crippen LogP contribution in [0.3, 0.4) is 0 Å². The highest BCUT2D eigenvalue weighted by atomic mass is 32.2. The Bertz CT molecular complexity index is 929. The van der Waals surface area contributed by atoms with Crippen LogP contribution in [0, 0.1) is 11.3 Å². The summed E-state index contributed by atoms with van der Waals surface area (Å²) in [5.41, 5.74) is 1.18. The fourth-order valence-corrected chi connectivity index (χ4v) is 4.53. The summed E-state index contributed by atoms with van der Waals surface area (Å²) in [6.07, 6.45) is 6.33. The van der Waals surface area contributed by atoms with Crippen LogP contribution in [-0.4, -0.2) is 43.5 Å². The van der Waals surface area contributed by atoms with Crippen molar-refractivity contribution in [1.82, 2.24) is 15.1 Å². The lowest BCUT2D eigenvalue weighted by Crippen LogP contribution is -2.20. The molecule has 1 saturated heterocycles. The number of nitrogens with one attached hydrogen (secondary N) is 2. The molecule has 8 heteroatoms. The van der Waals surface area contributed by atoms with Crippen LogP contribution in [0.25, 0.3) is 5.69 Å². The van der Waals surface area contributed by atoms with E-state index >= 15 is 0 Å². The number of nitrogens with zero attached hydrogens (tertiary/aromatic N) is 2. The first kappa shape index (κ1) is 16.3. The van der Waals surface area contributed by atoms with Gasteiger partial charge in [0.15, 0.2) is 9.84 Å². The van der Waals surface area contributed by atoms with E-state index in [1.807, 2.05) is 0 Å². The molecule has 1 spiro atoms. The van der Waals surface area contributed by atoms with Crippen LogP contribution in [0.1, 0.15) is 12.8 Å². The van der Waals surface area contributed by atoms with Crippen LogP contribution in [0.4, 0.5) is 5.69 Å². The van der Waals surface area contributed by atoms with E-state index in [1.165, 1.54) is 10.9 Å². The lowest BCUT2D eigenvalue weighted by molar-refractivity contribution is -0.118. The minimum absolute atomic E-state index is 0.0136. The van der Waals surface area contributed by atoms with Gasteiger partial charge >= 0.3 is 0 Å². The molecule has 2 heterocycles. The molecule has 1 saturated carbocycles. The molecule has 25 heavy (non-hydrogen) atoms. The predicted octanol–water partition coefficient (Wildman–Crippen LogP) is 1.21. The van der Waals surface area contributed by atoms with Crippen molar-refractivity contribution in [3.63, 3.8) is 0 Å². The summed E-state index contributed by atoms with van der Waals surface area (Å²) in [5, 5.41) is 10.4. The first-order valence-corrected chi connectivity index (χ1v) is 10.1. The molecule has 0 radical (unpaired) electrons. The lowest BCUT2D eigenvalue weighted by atomic mass is 10.0. The molecule has 2 unspecified atom stereocenters. The van der Waals surface area contributed by atoms with Gasteiger partial charge in [0.25, 0.3) is 0 Å². The first-order valence-electron chi connectivity index (χ1n) is 8.25. The zero-order valence-corrected chi connectivity index (χ0v) is 14.7. The van der Waals surface area contributed by atoms with Gasteiger partial charge in [0, 0.05) is 18.7 Å². The molecular weight excluding hydrogens is 340 g/mol. The third-order valence-electron chi connectivity index (χ3n) is 5.14. The molecule has 2 N–H and O–H groups in total. The third kappa shape index (κ3) is 2.96. The second-order valence-electron chi connectivity index (χ2n) is 6.95. The summed E-state index contributed by atoms with van der Waals surface area (Å²) in [7, 11) is -3.37. The molecule has 2 aliphatic rings. The van der Waals surface area contributed by atoms with Gasteiger partial charge in [-0.2, -0.15) is 5.10 Å². The average Bonchev–Trinajstić information content (AvgIpc) is 2.89. The van der Waals surface area contributed by atoms with Crippen molar-refractivity contribution in [2.24, 2.45) is 11.3 Å². The number of anilines is 1. The van der Waals surface area contributed by atoms with E-state index in [0.29, 0.717) is 11.4 Å². The van der Waals surface area contributed by atoms with Gasteiger partial charge in [-0.15, -0.1) is 0 Å². The number of sulfone groups is 1. The zero-order chi connectivity index (χ0) is 17.7. The molecule has 1 aliphatic carbocycles. The molecule has 2 fully saturated rings. The number of carbonyl (C=O) groups excluding carboxylic acids is 1. The molecule has 132 valence electrons. The number of hydrogen-bond acceptors (Lipinski definition) is 5. The highest BCUT2D eigenvalue weighted by molar-refractivity contribution is 7.90. The summed E-state index contributed by atoms with van der Waals surface area (Å²) in [6, 6.07) is 6.67. The van der Waals surface area contributed by atoms with Crippen LogP contribution in [0.5, 0.6) is 0 Å². The fourth-order valence-electron chi connectivity index (χ4n) is 3.66. The number of carbonyl (C=O) groups is 1. The number of benzene rings is 1. The van der Waals surface area contributed by atoms with Gasteiger partial charge in [-0.3, -0.25) is 4.79 Å². The molecule has 4 rings (SSSR count). The lowest BCUT2D eigenvalue weighted by Gasteiger charge is -2.08. The smallest absolute Gasteiger partial charge is 0.228 e. The summed E-state index contributed by atoms with van der Waals surface area (Å²) >= 11 is 0. The highest BCUT2D eigenvalue weighted by Gasteiger charge is 2.58. The van der Waals surface area contributed by atoms with E-state index in [0.717, 1.165) is 25.9 Å². The molecule has 1 aromatic heterocycles. The van der Waals surface area contributed by atoms with E-state index < -0.39 is 9.84 Å². The Morgan fingerprint density at radius 2 is 2.20 bits per heavy atom. The second kappa shape index (κ2) is 5.67. The minimum Gasteiger partial charge on any atom is -0.323 e. The van der Waals surface area contributed by atoms with Crippen LogP contribution < -0.4 is 10.6 Å². The molecule has 1 aliphatic heterocycles. The van der Waals surface area contributed by atoms with Gasteiger partial charge in [0.05, 0.1) is 28.7 Å². The summed E-state index contributed by atoms with van der Waals surface area (Å²) < 4.78 is 25.3. The Balaban J connectivity index is 1.53. The van der Waals surface area contributed by atoms with Gasteiger partial charge < -0.3 is 10.6 Å². The Morgan fingerprint density at radius 1 is 1.40 bits per heavy atom. The third-order valence-corrected chi connectivity index (χ3v) is 6.29. The van der Waals surface area contributed by atoms with Crippen molar-refractivity contribution in [2.75, 3.05) is 24.7 Å². The van der Waals surface area contributed by atoms with Crippen molar-refractivity contribution in [3.05, 3.63) is 36.7 Å². The molecule has 1 aromatic carbocycles. The number of para-hydroxylation sites is 1. The van der Waals surface area contributed by atoms with Gasteiger partial charge in [-0.1, -0.05) is 12.1 Å². The van der Waals surface area contributed by atoms with Crippen LogP contribution in [-0.2, 0) is 14.6 Å². The number of rotatable bonds is 4. The summed E-state index contributed by atoms with van der Waals surface area (Å²) in [6.45, 7) is 1.88. The Labute approximate surface area is 146 Å². The van der Waals surface area contributed by atoms with Crippen molar-refractivity contribution in [2.45, 2.75) is 17.7 Å². The van der Waals surface area contributed by atoms with Crippen molar-refractivity contribution in [3.8, 4) is 5.69 Å². The maximum absolute atomic E-state index is 12.4. The van der Waals surface area contributed by atoms with E-state index in [9.17, 15) is 13.2 Å². The quantitative estimate of drug-likeness (QED) is 0.855. The highest BCUT2D eigenvalue weighted by Crippen LogP contribution is 2.56. The Kier molecular flexibility index (Phi) is 3.69. The van der Waals surface area contributed by atoms with Crippen LogP contribution in [0.15, 0.2) is 41.6 Å². The summed E-state index contributed by atoms with van der Waals surface area (Å²) in [5.74, 6) is 0.0637. The first-order chi connectivity index (χ1) is 11.9. The number of aromatic nitrogens is 2. The van der Waals surface area contributed by atoms with Crippen LogP contribution >= 0.6 is 0 Å². The molecular formula is C17H20N4O3S. The van der Waals surface area contributed by atoms with E-state index in [1.54, 1.807) is 36.7 Å². The van der Waals surface area contributed by atoms with Gasteiger partial charge in [-0.05, 0) is 36.9 Å². The van der Waals surface area contributed by atoms with E-state index in [-0.39, 0.29) is 22.1 Å². The Morgan fingerprint density at radius 3 is 2.92 bits per heavy atom. The maximum atomic E-state index is 12.4. The van der Waals surface area contributed by atoms with Crippen molar-refractivity contribution < 1.29 is 13.2 Å². The fraction of sp³-hybridized carbons (Fsp3) is 0.412. The predicted molar refractivity (Wildman–Crippen MR) is 93.3 cm³/mol. The molecule has 2 aromatic rings. The normalized spacial score (nSPS) is 25.2. The standard InChI is InChI=1S/C17H20N4O3S/c1-25(23,24)15-5-3-2-4-14(15)21-10-12(9-19-21)20-16(22)13-8-17(13)6-7-18-11-17/h2-5,9-10,13,18H,6-8,11H2,1H3,(H,20,22). The number of amides is 1. The van der Waals surface area contributed by atoms with E-state index in [4.69, 9.17) is 0 Å². The maximum Gasteiger partial charge on any atom is 0.228 e. The molecule has 1 amide bonds. The van der Waals surface area contributed by atoms with Gasteiger partial charge in [0.2, 0.25) is 5.91 Å². The van der Waals surface area contributed by atoms with Gasteiger partial charge in [-0.25, -0.2) is 13.1 Å². The molecule has 0 bridgehead atoms. The van der Waals surface area contributed by atoms with Gasteiger partial charge in [0.1, 0.15) is 0 Å². The molecule has 7 nitrogen and oxygen atoms in total. The average molecular weight is 360 g/mol. The zero-order valence-electron chi connectivity index (χ0n) is 13.9. The van der Waals surface area contributed by atoms with E-state index in [2.05, 4.69) is 15.7 Å².